The number of aromatic nitrogens is 1. The van der Waals surface area contributed by atoms with Crippen molar-refractivity contribution in [1.82, 2.24) is 9.29 Å². The first-order valence-electron chi connectivity index (χ1n) is 4.73. The van der Waals surface area contributed by atoms with Crippen molar-refractivity contribution < 1.29 is 8.42 Å². The zero-order chi connectivity index (χ0) is 11.8. The number of nitrogens with zero attached hydrogens (tertiary/aromatic N) is 2. The maximum absolute atomic E-state index is 12.2. The van der Waals surface area contributed by atoms with Gasteiger partial charge in [-0.05, 0) is 0 Å². The Morgan fingerprint density at radius 2 is 2.38 bits per heavy atom. The SMILES string of the molecule is CC1CN(S(=O)(=O)c2cnc(Cl)s2)CCS1. The van der Waals surface area contributed by atoms with Crippen molar-refractivity contribution in [2.75, 3.05) is 18.8 Å². The van der Waals surface area contributed by atoms with Crippen molar-refractivity contribution in [3.63, 3.8) is 0 Å². The van der Waals surface area contributed by atoms with Crippen LogP contribution >= 0.6 is 34.7 Å². The number of rotatable bonds is 2. The molecule has 0 aromatic carbocycles. The van der Waals surface area contributed by atoms with Gasteiger partial charge in [0.05, 0.1) is 6.20 Å². The molecule has 16 heavy (non-hydrogen) atoms. The van der Waals surface area contributed by atoms with E-state index in [1.165, 1.54) is 10.5 Å². The van der Waals surface area contributed by atoms with Crippen molar-refractivity contribution in [2.45, 2.75) is 16.4 Å². The van der Waals surface area contributed by atoms with E-state index in [1.807, 2.05) is 6.92 Å². The summed E-state index contributed by atoms with van der Waals surface area (Å²) in [6, 6.07) is 0. The molecule has 1 atom stereocenters. The lowest BCUT2D eigenvalue weighted by Gasteiger charge is -2.28. The van der Waals surface area contributed by atoms with Crippen molar-refractivity contribution in [3.05, 3.63) is 10.7 Å². The van der Waals surface area contributed by atoms with Crippen molar-refractivity contribution in [3.8, 4) is 0 Å². The van der Waals surface area contributed by atoms with Gasteiger partial charge in [-0.15, -0.1) is 0 Å². The first-order valence-corrected chi connectivity index (χ1v) is 8.41. The van der Waals surface area contributed by atoms with Crippen LogP contribution in [0.25, 0.3) is 0 Å². The van der Waals surface area contributed by atoms with Gasteiger partial charge in [0.1, 0.15) is 0 Å². The highest BCUT2D eigenvalue weighted by Crippen LogP contribution is 2.28. The molecule has 1 aliphatic heterocycles. The molecular formula is C8H11ClN2O2S3. The second-order valence-electron chi connectivity index (χ2n) is 3.48. The van der Waals surface area contributed by atoms with Crippen LogP contribution in [0, 0.1) is 0 Å². The second kappa shape index (κ2) is 4.81. The third kappa shape index (κ3) is 2.53. The predicted molar refractivity (Wildman–Crippen MR) is 67.8 cm³/mol. The van der Waals surface area contributed by atoms with Crippen LogP contribution < -0.4 is 0 Å². The third-order valence-electron chi connectivity index (χ3n) is 2.25. The number of thiazole rings is 1. The molecule has 0 radical (unpaired) electrons. The normalized spacial score (nSPS) is 23.5. The molecule has 8 heteroatoms. The molecule has 2 heterocycles. The average molecular weight is 299 g/mol. The fourth-order valence-electron chi connectivity index (χ4n) is 1.49. The Kier molecular flexibility index (Phi) is 3.80. The van der Waals surface area contributed by atoms with Crippen LogP contribution in [0.4, 0.5) is 0 Å². The highest BCUT2D eigenvalue weighted by Gasteiger charge is 2.30. The summed E-state index contributed by atoms with van der Waals surface area (Å²) in [7, 11) is -3.38. The van der Waals surface area contributed by atoms with Gasteiger partial charge in [0.25, 0.3) is 10.0 Å². The fourth-order valence-corrected chi connectivity index (χ4v) is 5.69. The van der Waals surface area contributed by atoms with Gasteiger partial charge < -0.3 is 0 Å². The van der Waals surface area contributed by atoms with E-state index < -0.39 is 10.0 Å². The van der Waals surface area contributed by atoms with Crippen LogP contribution in [0.15, 0.2) is 10.4 Å². The molecule has 1 aliphatic rings. The van der Waals surface area contributed by atoms with E-state index in [-0.39, 0.29) is 8.68 Å². The van der Waals surface area contributed by atoms with Crippen molar-refractivity contribution >= 4 is 44.7 Å². The lowest BCUT2D eigenvalue weighted by molar-refractivity contribution is 0.425. The number of hydrogen-bond donors (Lipinski definition) is 0. The molecular weight excluding hydrogens is 288 g/mol. The Labute approximate surface area is 108 Å². The zero-order valence-electron chi connectivity index (χ0n) is 8.59. The van der Waals surface area contributed by atoms with Crippen LogP contribution in [0.3, 0.4) is 0 Å². The number of halogens is 1. The molecule has 0 N–H and O–H groups in total. The highest BCUT2D eigenvalue weighted by atomic mass is 35.5. The molecule has 0 saturated carbocycles. The van der Waals surface area contributed by atoms with E-state index in [9.17, 15) is 8.42 Å². The van der Waals surface area contributed by atoms with Gasteiger partial charge >= 0.3 is 0 Å². The molecule has 0 amide bonds. The predicted octanol–water partition coefficient (Wildman–Crippen LogP) is 1.92. The summed E-state index contributed by atoms with van der Waals surface area (Å²) < 4.78 is 26.4. The molecule has 1 unspecified atom stereocenters. The van der Waals surface area contributed by atoms with Gasteiger partial charge in [-0.1, -0.05) is 29.9 Å². The van der Waals surface area contributed by atoms with Gasteiger partial charge in [-0.2, -0.15) is 16.1 Å². The smallest absolute Gasteiger partial charge is 0.232 e. The van der Waals surface area contributed by atoms with Gasteiger partial charge in [0.2, 0.25) is 0 Å². The minimum absolute atomic E-state index is 0.233. The molecule has 2 rings (SSSR count). The first-order chi connectivity index (χ1) is 7.50. The van der Waals surface area contributed by atoms with E-state index in [1.54, 1.807) is 11.8 Å². The summed E-state index contributed by atoms with van der Waals surface area (Å²) in [5, 5.41) is 0.340. The molecule has 90 valence electrons. The second-order valence-corrected chi connectivity index (χ2v) is 8.80. The zero-order valence-corrected chi connectivity index (χ0v) is 11.8. The number of sulfonamides is 1. The standard InChI is InChI=1S/C8H11ClN2O2S3/c1-6-5-11(2-3-14-6)16(12,13)7-4-10-8(9)15-7/h4,6H,2-3,5H2,1H3. The lowest BCUT2D eigenvalue weighted by Crippen LogP contribution is -2.40. The lowest BCUT2D eigenvalue weighted by atomic mass is 10.4. The van der Waals surface area contributed by atoms with Gasteiger partial charge in [0.15, 0.2) is 8.68 Å². The van der Waals surface area contributed by atoms with Crippen molar-refractivity contribution in [2.24, 2.45) is 0 Å². The molecule has 1 fully saturated rings. The summed E-state index contributed by atoms with van der Waals surface area (Å²) in [6.07, 6.45) is 1.33. The average Bonchev–Trinajstić information content (AvgIpc) is 2.65. The van der Waals surface area contributed by atoms with E-state index >= 15 is 0 Å². The Hall–Kier alpha value is 0.180. The first kappa shape index (κ1) is 12.6. The van der Waals surface area contributed by atoms with Crippen LogP contribution in [0.1, 0.15) is 6.92 Å². The van der Waals surface area contributed by atoms with Gasteiger partial charge in [-0.25, -0.2) is 13.4 Å². The summed E-state index contributed by atoms with van der Waals surface area (Å²) in [5.74, 6) is 0.840. The monoisotopic (exact) mass is 298 g/mol. The van der Waals surface area contributed by atoms with Crippen LogP contribution in [-0.2, 0) is 10.0 Å². The molecule has 0 spiro atoms. The Morgan fingerprint density at radius 3 is 2.94 bits per heavy atom. The maximum atomic E-state index is 12.2. The Balaban J connectivity index is 2.25. The molecule has 1 aromatic rings. The van der Waals surface area contributed by atoms with E-state index in [4.69, 9.17) is 11.6 Å². The number of thioether (sulfide) groups is 1. The van der Waals surface area contributed by atoms with Crippen LogP contribution in [0.2, 0.25) is 4.47 Å². The molecule has 4 nitrogen and oxygen atoms in total. The minimum atomic E-state index is -3.38. The molecule has 1 saturated heterocycles. The molecule has 1 aromatic heterocycles. The fraction of sp³-hybridized carbons (Fsp3) is 0.625. The van der Waals surface area contributed by atoms with Crippen LogP contribution in [0.5, 0.6) is 0 Å². The Morgan fingerprint density at radius 1 is 1.62 bits per heavy atom. The molecule has 0 aliphatic carbocycles. The van der Waals surface area contributed by atoms with E-state index in [2.05, 4.69) is 4.98 Å². The van der Waals surface area contributed by atoms with Gasteiger partial charge in [-0.3, -0.25) is 0 Å². The summed E-state index contributed by atoms with van der Waals surface area (Å²) in [5.41, 5.74) is 0. The summed E-state index contributed by atoms with van der Waals surface area (Å²) in [6.45, 7) is 3.15. The Bertz CT molecular complexity index is 473. The summed E-state index contributed by atoms with van der Waals surface area (Å²) >= 11 is 8.46. The highest BCUT2D eigenvalue weighted by molar-refractivity contribution is 8.00. The van der Waals surface area contributed by atoms with E-state index in [0.717, 1.165) is 17.1 Å². The van der Waals surface area contributed by atoms with Crippen molar-refractivity contribution in [1.29, 1.82) is 0 Å². The van der Waals surface area contributed by atoms with Crippen LogP contribution in [-0.4, -0.2) is 41.8 Å². The largest absolute Gasteiger partial charge is 0.254 e. The topological polar surface area (TPSA) is 50.3 Å². The van der Waals surface area contributed by atoms with E-state index in [0.29, 0.717) is 18.3 Å². The maximum Gasteiger partial charge on any atom is 0.254 e. The van der Waals surface area contributed by atoms with Gasteiger partial charge in [0, 0.05) is 24.1 Å². The molecule has 0 bridgehead atoms. The summed E-state index contributed by atoms with van der Waals surface area (Å²) in [4.78, 5) is 3.77. The quantitative estimate of drug-likeness (QED) is 0.837. The minimum Gasteiger partial charge on any atom is -0.232 e. The number of hydrogen-bond acceptors (Lipinski definition) is 5. The third-order valence-corrected chi connectivity index (χ3v) is 6.81.